The molecule has 0 aromatic carbocycles. The normalized spacial score (nSPS) is 10.5. The molecule has 100 valence electrons. The summed E-state index contributed by atoms with van der Waals surface area (Å²) in [6, 6.07) is 3.58. The van der Waals surface area contributed by atoms with Crippen molar-refractivity contribution in [1.82, 2.24) is 15.2 Å². The first-order valence-corrected chi connectivity index (χ1v) is 7.11. The van der Waals surface area contributed by atoms with Crippen LogP contribution in [0.15, 0.2) is 21.5 Å². The standard InChI is InChI=1S/C11H14N6S2/c1-6-4-7(9(12)13)5-8(14-6)18-11-16-15-10(19-11)17(2)3/h4-5H,1-3H3,(H3,12,13). The number of pyridine rings is 1. The number of hydrogen-bond acceptors (Lipinski definition) is 7. The molecule has 0 radical (unpaired) electrons. The first-order chi connectivity index (χ1) is 8.95. The highest BCUT2D eigenvalue weighted by Gasteiger charge is 2.10. The van der Waals surface area contributed by atoms with Crippen LogP contribution in [-0.4, -0.2) is 35.1 Å². The third kappa shape index (κ3) is 3.42. The fraction of sp³-hybridized carbons (Fsp3) is 0.273. The van der Waals surface area contributed by atoms with E-state index < -0.39 is 0 Å². The molecule has 2 aromatic heterocycles. The van der Waals surface area contributed by atoms with Crippen molar-refractivity contribution in [2.75, 3.05) is 19.0 Å². The summed E-state index contributed by atoms with van der Waals surface area (Å²) in [5, 5.41) is 17.3. The Morgan fingerprint density at radius 2 is 2.11 bits per heavy atom. The molecule has 19 heavy (non-hydrogen) atoms. The van der Waals surface area contributed by atoms with Gasteiger partial charge in [-0.3, -0.25) is 5.41 Å². The molecule has 0 saturated heterocycles. The van der Waals surface area contributed by atoms with Gasteiger partial charge in [0.2, 0.25) is 5.13 Å². The van der Waals surface area contributed by atoms with Crippen molar-refractivity contribution < 1.29 is 0 Å². The fourth-order valence-electron chi connectivity index (χ4n) is 1.36. The summed E-state index contributed by atoms with van der Waals surface area (Å²) >= 11 is 2.92. The second-order valence-electron chi connectivity index (χ2n) is 4.10. The van der Waals surface area contributed by atoms with Crippen LogP contribution < -0.4 is 10.6 Å². The molecule has 0 amide bonds. The zero-order chi connectivity index (χ0) is 14.0. The van der Waals surface area contributed by atoms with Gasteiger partial charge in [0.05, 0.1) is 0 Å². The maximum atomic E-state index is 7.48. The lowest BCUT2D eigenvalue weighted by molar-refractivity contribution is 0.968. The Balaban J connectivity index is 2.24. The van der Waals surface area contributed by atoms with Crippen molar-refractivity contribution >= 4 is 34.1 Å². The number of nitrogens with zero attached hydrogens (tertiary/aromatic N) is 4. The molecule has 0 bridgehead atoms. The second kappa shape index (κ2) is 5.54. The van der Waals surface area contributed by atoms with Crippen molar-refractivity contribution in [3.63, 3.8) is 0 Å². The van der Waals surface area contributed by atoms with Gasteiger partial charge in [0, 0.05) is 25.4 Å². The van der Waals surface area contributed by atoms with Crippen LogP contribution in [0.25, 0.3) is 0 Å². The van der Waals surface area contributed by atoms with Crippen LogP contribution in [0.4, 0.5) is 5.13 Å². The molecule has 0 unspecified atom stereocenters. The van der Waals surface area contributed by atoms with E-state index in [1.807, 2.05) is 25.9 Å². The number of nitrogens with one attached hydrogen (secondary N) is 1. The maximum Gasteiger partial charge on any atom is 0.208 e. The summed E-state index contributed by atoms with van der Waals surface area (Å²) in [7, 11) is 3.85. The van der Waals surface area contributed by atoms with Gasteiger partial charge in [-0.25, -0.2) is 4.98 Å². The highest BCUT2D eigenvalue weighted by molar-refractivity contribution is 8.01. The average molecular weight is 294 g/mol. The van der Waals surface area contributed by atoms with E-state index in [1.54, 1.807) is 12.1 Å². The first kappa shape index (κ1) is 13.8. The Morgan fingerprint density at radius 1 is 1.37 bits per heavy atom. The van der Waals surface area contributed by atoms with Crippen molar-refractivity contribution in [3.05, 3.63) is 23.4 Å². The van der Waals surface area contributed by atoms with E-state index >= 15 is 0 Å². The van der Waals surface area contributed by atoms with Gasteiger partial charge < -0.3 is 10.6 Å². The molecule has 0 spiro atoms. The fourth-order valence-corrected chi connectivity index (χ4v) is 3.14. The summed E-state index contributed by atoms with van der Waals surface area (Å²) in [6.45, 7) is 1.88. The van der Waals surface area contributed by atoms with Crippen LogP contribution >= 0.6 is 23.1 Å². The van der Waals surface area contributed by atoms with Crippen molar-refractivity contribution in [2.24, 2.45) is 5.73 Å². The van der Waals surface area contributed by atoms with Gasteiger partial charge in [-0.2, -0.15) is 0 Å². The van der Waals surface area contributed by atoms with E-state index in [0.717, 1.165) is 20.2 Å². The molecule has 0 aliphatic carbocycles. The van der Waals surface area contributed by atoms with Gasteiger partial charge in [0.1, 0.15) is 10.9 Å². The summed E-state index contributed by atoms with van der Waals surface area (Å²) in [5.74, 6) is 0.0404. The molecule has 2 heterocycles. The molecule has 2 rings (SSSR count). The molecule has 6 nitrogen and oxygen atoms in total. The Kier molecular flexibility index (Phi) is 4.01. The summed E-state index contributed by atoms with van der Waals surface area (Å²) in [6.07, 6.45) is 0. The average Bonchev–Trinajstić information content (AvgIpc) is 2.76. The monoisotopic (exact) mass is 294 g/mol. The zero-order valence-corrected chi connectivity index (χ0v) is 12.5. The summed E-state index contributed by atoms with van der Waals surface area (Å²) in [4.78, 5) is 6.31. The van der Waals surface area contributed by atoms with Gasteiger partial charge >= 0.3 is 0 Å². The highest BCUT2D eigenvalue weighted by atomic mass is 32.2. The first-order valence-electron chi connectivity index (χ1n) is 5.47. The molecule has 0 fully saturated rings. The van der Waals surface area contributed by atoms with E-state index in [4.69, 9.17) is 11.1 Å². The summed E-state index contributed by atoms with van der Waals surface area (Å²) in [5.41, 5.74) is 7.00. The van der Waals surface area contributed by atoms with Crippen molar-refractivity contribution in [1.29, 1.82) is 5.41 Å². The molecule has 0 aliphatic heterocycles. The third-order valence-corrected chi connectivity index (χ3v) is 4.27. The predicted molar refractivity (Wildman–Crippen MR) is 78.3 cm³/mol. The largest absolute Gasteiger partial charge is 0.384 e. The number of nitrogen functional groups attached to an aromatic ring is 1. The number of amidine groups is 1. The van der Waals surface area contributed by atoms with Crippen molar-refractivity contribution in [2.45, 2.75) is 16.3 Å². The predicted octanol–water partition coefficient (Wildman–Crippen LogP) is 1.74. The van der Waals surface area contributed by atoms with Gasteiger partial charge in [-0.1, -0.05) is 11.3 Å². The highest BCUT2D eigenvalue weighted by Crippen LogP contribution is 2.32. The van der Waals surface area contributed by atoms with Crippen LogP contribution in [0.1, 0.15) is 11.3 Å². The lowest BCUT2D eigenvalue weighted by atomic mass is 10.2. The smallest absolute Gasteiger partial charge is 0.208 e. The number of hydrogen-bond donors (Lipinski definition) is 2. The molecule has 8 heteroatoms. The van der Waals surface area contributed by atoms with Gasteiger partial charge in [0.25, 0.3) is 0 Å². The Morgan fingerprint density at radius 3 is 2.68 bits per heavy atom. The van der Waals surface area contributed by atoms with Crippen LogP contribution in [-0.2, 0) is 0 Å². The quantitative estimate of drug-likeness (QED) is 0.659. The van der Waals surface area contributed by atoms with Crippen LogP contribution in [0.3, 0.4) is 0 Å². The third-order valence-electron chi connectivity index (χ3n) is 2.21. The second-order valence-corrected chi connectivity index (χ2v) is 6.32. The molecule has 0 saturated carbocycles. The lowest BCUT2D eigenvalue weighted by Crippen LogP contribution is -2.11. The maximum absolute atomic E-state index is 7.48. The van der Waals surface area contributed by atoms with E-state index in [1.165, 1.54) is 23.1 Å². The SMILES string of the molecule is Cc1cc(C(=N)N)cc(Sc2nnc(N(C)C)s2)n1. The van der Waals surface area contributed by atoms with Crippen molar-refractivity contribution in [3.8, 4) is 0 Å². The number of rotatable bonds is 4. The van der Waals surface area contributed by atoms with E-state index in [-0.39, 0.29) is 5.84 Å². The van der Waals surface area contributed by atoms with Crippen LogP contribution in [0, 0.1) is 12.3 Å². The lowest BCUT2D eigenvalue weighted by Gasteiger charge is -2.04. The van der Waals surface area contributed by atoms with E-state index in [2.05, 4.69) is 15.2 Å². The molecule has 0 atom stereocenters. The summed E-state index contributed by atoms with van der Waals surface area (Å²) < 4.78 is 0.816. The number of anilines is 1. The molecular weight excluding hydrogens is 280 g/mol. The molecule has 2 aromatic rings. The minimum absolute atomic E-state index is 0.0404. The van der Waals surface area contributed by atoms with Gasteiger partial charge in [0.15, 0.2) is 4.34 Å². The molecule has 0 aliphatic rings. The minimum atomic E-state index is 0.0404. The Hall–Kier alpha value is -1.67. The number of aryl methyl sites for hydroxylation is 1. The van der Waals surface area contributed by atoms with E-state index in [9.17, 15) is 0 Å². The van der Waals surface area contributed by atoms with E-state index in [0.29, 0.717) is 5.56 Å². The van der Waals surface area contributed by atoms with Gasteiger partial charge in [-0.15, -0.1) is 10.2 Å². The van der Waals surface area contributed by atoms with Crippen LogP contribution in [0.5, 0.6) is 0 Å². The number of nitrogens with two attached hydrogens (primary N) is 1. The molecular formula is C11H14N6S2. The molecule has 3 N–H and O–H groups in total. The zero-order valence-electron chi connectivity index (χ0n) is 10.8. The van der Waals surface area contributed by atoms with Gasteiger partial charge in [-0.05, 0) is 30.8 Å². The van der Waals surface area contributed by atoms with Crippen LogP contribution in [0.2, 0.25) is 0 Å². The Labute approximate surface area is 119 Å². The Bertz CT molecular complexity index is 607. The minimum Gasteiger partial charge on any atom is -0.384 e. The number of aromatic nitrogens is 3. The topological polar surface area (TPSA) is 91.8 Å².